The highest BCUT2D eigenvalue weighted by molar-refractivity contribution is 6.30. The van der Waals surface area contributed by atoms with Crippen molar-refractivity contribution in [3.05, 3.63) is 83.1 Å². The van der Waals surface area contributed by atoms with Crippen molar-refractivity contribution in [2.75, 3.05) is 27.4 Å². The van der Waals surface area contributed by atoms with Gasteiger partial charge >= 0.3 is 0 Å². The number of aromatic nitrogens is 2. The Hall–Kier alpha value is -3.71. The fraction of sp³-hybridized carbons (Fsp3) is 0.286. The van der Waals surface area contributed by atoms with Crippen molar-refractivity contribution in [1.29, 1.82) is 0 Å². The second-order valence-electron chi connectivity index (χ2n) is 8.25. The number of halogens is 1. The average Bonchev–Trinajstić information content (AvgIpc) is 3.26. The number of nitrogens with zero attached hydrogens (tertiary/aromatic N) is 2. The lowest BCUT2D eigenvalue weighted by Crippen LogP contribution is -2.25. The van der Waals surface area contributed by atoms with E-state index < -0.39 is 0 Å². The summed E-state index contributed by atoms with van der Waals surface area (Å²) in [6.07, 6.45) is 2.36. The molecule has 0 spiro atoms. The molecule has 0 atom stereocenters. The molecule has 0 bridgehead atoms. The van der Waals surface area contributed by atoms with Crippen molar-refractivity contribution in [2.45, 2.75) is 25.8 Å². The van der Waals surface area contributed by atoms with Crippen molar-refractivity contribution < 1.29 is 19.0 Å². The second kappa shape index (κ2) is 12.3. The van der Waals surface area contributed by atoms with Gasteiger partial charge in [0.1, 0.15) is 11.6 Å². The number of nitrogens with one attached hydrogen (secondary N) is 1. The zero-order valence-electron chi connectivity index (χ0n) is 20.5. The third-order valence-electron chi connectivity index (χ3n) is 5.85. The van der Waals surface area contributed by atoms with Crippen molar-refractivity contribution in [2.24, 2.45) is 0 Å². The first-order valence-electron chi connectivity index (χ1n) is 11.9. The molecule has 0 radical (unpaired) electrons. The summed E-state index contributed by atoms with van der Waals surface area (Å²) in [6.45, 7) is 1.92. The lowest BCUT2D eigenvalue weighted by Gasteiger charge is -2.11. The predicted octanol–water partition coefficient (Wildman–Crippen LogP) is 5.54. The van der Waals surface area contributed by atoms with Gasteiger partial charge in [-0.05, 0) is 67.4 Å². The van der Waals surface area contributed by atoms with Gasteiger partial charge < -0.3 is 24.1 Å². The summed E-state index contributed by atoms with van der Waals surface area (Å²) < 4.78 is 18.6. The van der Waals surface area contributed by atoms with E-state index in [1.54, 1.807) is 32.4 Å². The van der Waals surface area contributed by atoms with E-state index >= 15 is 0 Å². The fourth-order valence-corrected chi connectivity index (χ4v) is 4.16. The summed E-state index contributed by atoms with van der Waals surface area (Å²) in [5.41, 5.74) is 2.61. The van der Waals surface area contributed by atoms with Gasteiger partial charge in [0.25, 0.3) is 5.91 Å². The Morgan fingerprint density at radius 2 is 1.75 bits per heavy atom. The SMILES string of the molecule is COc1ccc(C(=O)NCCCc2nc3ccccc3n2CCCOc2ccc(Cl)cc2)cc1OC. The van der Waals surface area contributed by atoms with Crippen LogP contribution in [0.1, 0.15) is 29.0 Å². The van der Waals surface area contributed by atoms with E-state index in [1.807, 2.05) is 42.5 Å². The molecule has 1 amide bonds. The molecular weight excluding hydrogens is 478 g/mol. The number of hydrogen-bond acceptors (Lipinski definition) is 5. The summed E-state index contributed by atoms with van der Waals surface area (Å²) >= 11 is 5.94. The summed E-state index contributed by atoms with van der Waals surface area (Å²) in [5, 5.41) is 3.68. The number of ether oxygens (including phenoxy) is 3. The quantitative estimate of drug-likeness (QED) is 0.255. The third-order valence-corrected chi connectivity index (χ3v) is 6.10. The van der Waals surface area contributed by atoms with E-state index in [0.29, 0.717) is 35.2 Å². The Balaban J connectivity index is 1.32. The van der Waals surface area contributed by atoms with Crippen molar-refractivity contribution in [3.63, 3.8) is 0 Å². The van der Waals surface area contributed by atoms with Crippen molar-refractivity contribution in [1.82, 2.24) is 14.9 Å². The maximum absolute atomic E-state index is 12.6. The summed E-state index contributed by atoms with van der Waals surface area (Å²) in [7, 11) is 3.12. The predicted molar refractivity (Wildman–Crippen MR) is 141 cm³/mol. The Morgan fingerprint density at radius 3 is 2.53 bits per heavy atom. The smallest absolute Gasteiger partial charge is 0.251 e. The van der Waals surface area contributed by atoms with Crippen LogP contribution in [0.15, 0.2) is 66.7 Å². The van der Waals surface area contributed by atoms with E-state index in [9.17, 15) is 4.79 Å². The van der Waals surface area contributed by atoms with E-state index in [4.69, 9.17) is 30.8 Å². The zero-order valence-corrected chi connectivity index (χ0v) is 21.3. The second-order valence-corrected chi connectivity index (χ2v) is 8.69. The Bertz CT molecular complexity index is 1300. The molecule has 7 nitrogen and oxygen atoms in total. The van der Waals surface area contributed by atoms with Crippen LogP contribution in [0, 0.1) is 0 Å². The van der Waals surface area contributed by atoms with Crippen LogP contribution in [0.2, 0.25) is 5.02 Å². The first-order chi connectivity index (χ1) is 17.6. The number of aryl methyl sites for hydroxylation is 2. The van der Waals surface area contributed by atoms with E-state index in [1.165, 1.54) is 0 Å². The van der Waals surface area contributed by atoms with Crippen molar-refractivity contribution in [3.8, 4) is 17.2 Å². The molecule has 4 rings (SSSR count). The maximum Gasteiger partial charge on any atom is 0.251 e. The number of benzene rings is 3. The van der Waals surface area contributed by atoms with Crippen LogP contribution < -0.4 is 19.5 Å². The lowest BCUT2D eigenvalue weighted by molar-refractivity contribution is 0.0952. The molecule has 1 aromatic heterocycles. The molecule has 0 saturated carbocycles. The highest BCUT2D eigenvalue weighted by Crippen LogP contribution is 2.27. The first kappa shape index (κ1) is 25.4. The van der Waals surface area contributed by atoms with Crippen LogP contribution in [0.4, 0.5) is 0 Å². The van der Waals surface area contributed by atoms with E-state index in [-0.39, 0.29) is 5.91 Å². The van der Waals surface area contributed by atoms with E-state index in [2.05, 4.69) is 16.0 Å². The van der Waals surface area contributed by atoms with Crippen molar-refractivity contribution >= 4 is 28.5 Å². The third kappa shape index (κ3) is 6.29. The van der Waals surface area contributed by atoms with Crippen LogP contribution in [0.3, 0.4) is 0 Å². The number of carbonyl (C=O) groups excluding carboxylic acids is 1. The molecule has 8 heteroatoms. The molecule has 36 heavy (non-hydrogen) atoms. The van der Waals surface area contributed by atoms with Gasteiger partial charge in [0.15, 0.2) is 11.5 Å². The van der Waals surface area contributed by atoms with Crippen LogP contribution in [-0.2, 0) is 13.0 Å². The van der Waals surface area contributed by atoms with Gasteiger partial charge in [-0.3, -0.25) is 4.79 Å². The van der Waals surface area contributed by atoms with Gasteiger partial charge in [-0.1, -0.05) is 23.7 Å². The number of methoxy groups -OCH3 is 2. The lowest BCUT2D eigenvalue weighted by atomic mass is 10.2. The number of rotatable bonds is 12. The molecule has 188 valence electrons. The van der Waals surface area contributed by atoms with Crippen LogP contribution in [0.5, 0.6) is 17.2 Å². The fourth-order valence-electron chi connectivity index (χ4n) is 4.04. The molecule has 1 N–H and O–H groups in total. The number of para-hydroxylation sites is 2. The molecule has 0 saturated heterocycles. The van der Waals surface area contributed by atoms with E-state index in [0.717, 1.165) is 48.4 Å². The van der Waals surface area contributed by atoms with Gasteiger partial charge in [0, 0.05) is 30.1 Å². The monoisotopic (exact) mass is 507 g/mol. The molecule has 0 unspecified atom stereocenters. The van der Waals surface area contributed by atoms with Gasteiger partial charge in [0.2, 0.25) is 0 Å². The molecule has 3 aromatic carbocycles. The summed E-state index contributed by atoms with van der Waals surface area (Å²) in [5.74, 6) is 2.78. The van der Waals surface area contributed by atoms with Gasteiger partial charge in [-0.2, -0.15) is 0 Å². The van der Waals surface area contributed by atoms with Crippen LogP contribution in [-0.4, -0.2) is 42.8 Å². The largest absolute Gasteiger partial charge is 0.494 e. The normalized spacial score (nSPS) is 10.9. The molecule has 0 fully saturated rings. The molecule has 4 aromatic rings. The highest BCUT2D eigenvalue weighted by Gasteiger charge is 2.12. The number of imidazole rings is 1. The van der Waals surface area contributed by atoms with Gasteiger partial charge in [-0.15, -0.1) is 0 Å². The molecule has 0 aliphatic carbocycles. The van der Waals surface area contributed by atoms with Gasteiger partial charge in [0.05, 0.1) is 31.9 Å². The Morgan fingerprint density at radius 1 is 0.972 bits per heavy atom. The molecule has 0 aliphatic rings. The number of fused-ring (bicyclic) bond motifs is 1. The summed E-state index contributed by atoms with van der Waals surface area (Å²) in [6, 6.07) is 20.7. The molecular formula is C28H30ClN3O4. The summed E-state index contributed by atoms with van der Waals surface area (Å²) in [4.78, 5) is 17.4. The minimum Gasteiger partial charge on any atom is -0.494 e. The average molecular weight is 508 g/mol. The molecule has 1 heterocycles. The first-order valence-corrected chi connectivity index (χ1v) is 12.3. The standard InChI is InChI=1S/C28H30ClN3O4/c1-34-25-15-10-20(19-26(25)35-2)28(33)30-16-5-9-27-31-23-7-3-4-8-24(23)32(27)17-6-18-36-22-13-11-21(29)12-14-22/h3-4,7-8,10-15,19H,5-6,9,16-18H2,1-2H3,(H,30,33). The van der Waals surface area contributed by atoms with Gasteiger partial charge in [-0.25, -0.2) is 4.98 Å². The minimum atomic E-state index is -0.149. The molecule has 0 aliphatic heterocycles. The van der Waals surface area contributed by atoms with Crippen LogP contribution in [0.25, 0.3) is 11.0 Å². The Labute approximate surface area is 216 Å². The number of amides is 1. The topological polar surface area (TPSA) is 74.6 Å². The minimum absolute atomic E-state index is 0.149. The number of carbonyl (C=O) groups is 1. The zero-order chi connectivity index (χ0) is 25.3. The number of hydrogen-bond donors (Lipinski definition) is 1. The Kier molecular flexibility index (Phi) is 8.68. The maximum atomic E-state index is 12.6. The van der Waals surface area contributed by atoms with Crippen LogP contribution >= 0.6 is 11.6 Å². The highest BCUT2D eigenvalue weighted by atomic mass is 35.5.